The van der Waals surface area contributed by atoms with Crippen LogP contribution in [0.1, 0.15) is 17.2 Å². The molecule has 1 aliphatic heterocycles. The smallest absolute Gasteiger partial charge is 0.123 e. The van der Waals surface area contributed by atoms with Crippen molar-refractivity contribution in [2.45, 2.75) is 12.6 Å². The predicted octanol–water partition coefficient (Wildman–Crippen LogP) is 4.16. The molecule has 0 saturated carbocycles. The van der Waals surface area contributed by atoms with E-state index in [1.165, 1.54) is 17.7 Å². The van der Waals surface area contributed by atoms with Gasteiger partial charge in [0.05, 0.1) is 12.7 Å². The maximum atomic E-state index is 12.9. The first-order valence-corrected chi connectivity index (χ1v) is 7.84. The van der Waals surface area contributed by atoms with Gasteiger partial charge in [0, 0.05) is 24.1 Å². The van der Waals surface area contributed by atoms with Crippen molar-refractivity contribution in [1.82, 2.24) is 4.90 Å². The molecule has 1 unspecified atom stereocenters. The van der Waals surface area contributed by atoms with Crippen LogP contribution in [0.25, 0.3) is 0 Å². The molecule has 0 N–H and O–H groups in total. The van der Waals surface area contributed by atoms with Crippen LogP contribution in [-0.2, 0) is 11.3 Å². The average molecular weight is 350 g/mol. The van der Waals surface area contributed by atoms with Crippen molar-refractivity contribution in [2.24, 2.45) is 0 Å². The second kappa shape index (κ2) is 6.69. The summed E-state index contributed by atoms with van der Waals surface area (Å²) in [6.45, 7) is 3.31. The molecule has 2 aromatic carbocycles. The van der Waals surface area contributed by atoms with Crippen LogP contribution in [0.15, 0.2) is 53.0 Å². The number of morpholine rings is 1. The van der Waals surface area contributed by atoms with Crippen molar-refractivity contribution in [3.8, 4) is 0 Å². The van der Waals surface area contributed by atoms with Crippen molar-refractivity contribution in [2.75, 3.05) is 19.7 Å². The zero-order chi connectivity index (χ0) is 14.7. The van der Waals surface area contributed by atoms with Crippen LogP contribution >= 0.6 is 15.9 Å². The van der Waals surface area contributed by atoms with E-state index in [-0.39, 0.29) is 11.9 Å². The summed E-state index contributed by atoms with van der Waals surface area (Å²) in [4.78, 5) is 2.35. The third kappa shape index (κ3) is 3.90. The number of nitrogens with zero attached hydrogens (tertiary/aromatic N) is 1. The first-order valence-electron chi connectivity index (χ1n) is 7.04. The van der Waals surface area contributed by atoms with E-state index in [1.54, 1.807) is 0 Å². The molecule has 1 heterocycles. The topological polar surface area (TPSA) is 12.5 Å². The molecule has 0 aliphatic carbocycles. The Morgan fingerprint density at radius 3 is 2.76 bits per heavy atom. The SMILES string of the molecule is Fc1ccc(CN2CCOC(c3cccc(Br)c3)C2)cc1. The van der Waals surface area contributed by atoms with Gasteiger partial charge in [-0.2, -0.15) is 0 Å². The third-order valence-corrected chi connectivity index (χ3v) is 4.18. The lowest BCUT2D eigenvalue weighted by atomic mass is 10.1. The van der Waals surface area contributed by atoms with E-state index >= 15 is 0 Å². The fraction of sp³-hybridized carbons (Fsp3) is 0.294. The molecular weight excluding hydrogens is 333 g/mol. The molecule has 110 valence electrons. The van der Waals surface area contributed by atoms with Crippen molar-refractivity contribution in [1.29, 1.82) is 0 Å². The quantitative estimate of drug-likeness (QED) is 0.824. The zero-order valence-corrected chi connectivity index (χ0v) is 13.2. The molecule has 0 bridgehead atoms. The van der Waals surface area contributed by atoms with E-state index in [0.717, 1.165) is 36.3 Å². The molecule has 1 atom stereocenters. The number of ether oxygens (including phenoxy) is 1. The summed E-state index contributed by atoms with van der Waals surface area (Å²) in [5.74, 6) is -0.187. The van der Waals surface area contributed by atoms with Crippen molar-refractivity contribution in [3.63, 3.8) is 0 Å². The normalized spacial score (nSPS) is 19.6. The largest absolute Gasteiger partial charge is 0.371 e. The van der Waals surface area contributed by atoms with Gasteiger partial charge in [0.1, 0.15) is 5.82 Å². The summed E-state index contributed by atoms with van der Waals surface area (Å²) in [6.07, 6.45) is 0.0942. The molecule has 0 amide bonds. The fourth-order valence-electron chi connectivity index (χ4n) is 2.60. The first kappa shape index (κ1) is 14.7. The highest BCUT2D eigenvalue weighted by atomic mass is 79.9. The Bertz CT molecular complexity index is 602. The maximum Gasteiger partial charge on any atom is 0.123 e. The third-order valence-electron chi connectivity index (χ3n) is 3.69. The minimum atomic E-state index is -0.187. The van der Waals surface area contributed by atoms with E-state index in [9.17, 15) is 4.39 Å². The molecule has 1 aliphatic rings. The second-order valence-electron chi connectivity index (χ2n) is 5.28. The van der Waals surface area contributed by atoms with Gasteiger partial charge < -0.3 is 4.74 Å². The van der Waals surface area contributed by atoms with Gasteiger partial charge in [-0.25, -0.2) is 4.39 Å². The Hall–Kier alpha value is -1.23. The van der Waals surface area contributed by atoms with Crippen LogP contribution in [0.5, 0.6) is 0 Å². The van der Waals surface area contributed by atoms with E-state index in [2.05, 4.69) is 33.0 Å². The lowest BCUT2D eigenvalue weighted by Gasteiger charge is -2.33. The minimum Gasteiger partial charge on any atom is -0.371 e. The number of halogens is 2. The molecule has 2 nitrogen and oxygen atoms in total. The molecule has 0 spiro atoms. The van der Waals surface area contributed by atoms with E-state index in [1.807, 2.05) is 24.3 Å². The van der Waals surface area contributed by atoms with Gasteiger partial charge in [0.25, 0.3) is 0 Å². The minimum absolute atomic E-state index is 0.0942. The van der Waals surface area contributed by atoms with E-state index in [4.69, 9.17) is 4.74 Å². The van der Waals surface area contributed by atoms with Gasteiger partial charge in [0.15, 0.2) is 0 Å². The average Bonchev–Trinajstić information content (AvgIpc) is 2.50. The molecular formula is C17H17BrFNO. The van der Waals surface area contributed by atoms with Gasteiger partial charge in [-0.3, -0.25) is 4.90 Å². The molecule has 1 saturated heterocycles. The van der Waals surface area contributed by atoms with Crippen molar-refractivity contribution < 1.29 is 9.13 Å². The summed E-state index contributed by atoms with van der Waals surface area (Å²) < 4.78 is 19.9. The van der Waals surface area contributed by atoms with Crippen LogP contribution in [0.4, 0.5) is 4.39 Å². The van der Waals surface area contributed by atoms with Crippen LogP contribution < -0.4 is 0 Å². The van der Waals surface area contributed by atoms with E-state index in [0.29, 0.717) is 0 Å². The standard InChI is InChI=1S/C17H17BrFNO/c18-15-3-1-2-14(10-15)17-12-20(8-9-21-17)11-13-4-6-16(19)7-5-13/h1-7,10,17H,8-9,11-12H2. The Morgan fingerprint density at radius 2 is 2.00 bits per heavy atom. The summed E-state index contributed by atoms with van der Waals surface area (Å²) in [7, 11) is 0. The maximum absolute atomic E-state index is 12.9. The number of benzene rings is 2. The van der Waals surface area contributed by atoms with Gasteiger partial charge in [0.2, 0.25) is 0 Å². The van der Waals surface area contributed by atoms with Crippen LogP contribution in [-0.4, -0.2) is 24.6 Å². The molecule has 4 heteroatoms. The van der Waals surface area contributed by atoms with Crippen molar-refractivity contribution >= 4 is 15.9 Å². The Balaban J connectivity index is 1.67. The second-order valence-corrected chi connectivity index (χ2v) is 6.19. The number of hydrogen-bond donors (Lipinski definition) is 0. The highest BCUT2D eigenvalue weighted by Crippen LogP contribution is 2.25. The van der Waals surface area contributed by atoms with E-state index < -0.39 is 0 Å². The lowest BCUT2D eigenvalue weighted by Crippen LogP contribution is -2.37. The summed E-state index contributed by atoms with van der Waals surface area (Å²) >= 11 is 3.50. The predicted molar refractivity (Wildman–Crippen MR) is 84.5 cm³/mol. The molecule has 3 rings (SSSR count). The first-order chi connectivity index (χ1) is 10.2. The summed E-state index contributed by atoms with van der Waals surface area (Å²) in [6, 6.07) is 15.0. The summed E-state index contributed by atoms with van der Waals surface area (Å²) in [5.41, 5.74) is 2.32. The fourth-order valence-corrected chi connectivity index (χ4v) is 3.02. The molecule has 1 fully saturated rings. The molecule has 21 heavy (non-hydrogen) atoms. The summed E-state index contributed by atoms with van der Waals surface area (Å²) in [5, 5.41) is 0. The number of rotatable bonds is 3. The van der Waals surface area contributed by atoms with Crippen LogP contribution in [0.3, 0.4) is 0 Å². The molecule has 2 aromatic rings. The monoisotopic (exact) mass is 349 g/mol. The zero-order valence-electron chi connectivity index (χ0n) is 11.6. The Kier molecular flexibility index (Phi) is 4.68. The Labute approximate surface area is 132 Å². The van der Waals surface area contributed by atoms with Gasteiger partial charge in [-0.1, -0.05) is 40.2 Å². The van der Waals surface area contributed by atoms with Crippen LogP contribution in [0.2, 0.25) is 0 Å². The van der Waals surface area contributed by atoms with Gasteiger partial charge in [-0.05, 0) is 35.4 Å². The molecule has 0 radical (unpaired) electrons. The highest BCUT2D eigenvalue weighted by Gasteiger charge is 2.22. The number of hydrogen-bond acceptors (Lipinski definition) is 2. The van der Waals surface area contributed by atoms with Gasteiger partial charge in [-0.15, -0.1) is 0 Å². The van der Waals surface area contributed by atoms with Crippen molar-refractivity contribution in [3.05, 3.63) is 69.9 Å². The van der Waals surface area contributed by atoms with Crippen LogP contribution in [0, 0.1) is 5.82 Å². The molecule has 0 aromatic heterocycles. The van der Waals surface area contributed by atoms with Gasteiger partial charge >= 0.3 is 0 Å². The lowest BCUT2D eigenvalue weighted by molar-refractivity contribution is -0.0329. The highest BCUT2D eigenvalue weighted by molar-refractivity contribution is 9.10. The Morgan fingerprint density at radius 1 is 1.19 bits per heavy atom.